The zero-order valence-electron chi connectivity index (χ0n) is 10.3. The lowest BCUT2D eigenvalue weighted by Gasteiger charge is -2.27. The van der Waals surface area contributed by atoms with Crippen LogP contribution in [0.15, 0.2) is 23.1 Å². The third-order valence-corrected chi connectivity index (χ3v) is 3.03. The maximum Gasteiger partial charge on any atom is 0.329 e. The molecule has 0 spiro atoms. The molecule has 98 valence electrons. The average Bonchev–Trinajstić information content (AvgIpc) is 2.36. The fourth-order valence-electron chi connectivity index (χ4n) is 1.67. The van der Waals surface area contributed by atoms with Gasteiger partial charge in [0.25, 0.3) is 11.5 Å². The van der Waals surface area contributed by atoms with Crippen LogP contribution in [0.3, 0.4) is 0 Å². The van der Waals surface area contributed by atoms with Gasteiger partial charge >= 0.3 is 5.97 Å². The molecule has 6 nitrogen and oxygen atoms in total. The summed E-state index contributed by atoms with van der Waals surface area (Å²) in [4.78, 5) is 36.9. The summed E-state index contributed by atoms with van der Waals surface area (Å²) in [5.41, 5.74) is -1.97. The topological polar surface area (TPSA) is 99.3 Å². The molecule has 1 rings (SSSR count). The molecule has 18 heavy (non-hydrogen) atoms. The first-order valence-corrected chi connectivity index (χ1v) is 5.70. The minimum atomic E-state index is -1.33. The highest BCUT2D eigenvalue weighted by Gasteiger charge is 2.36. The first-order valence-electron chi connectivity index (χ1n) is 5.70. The normalized spacial score (nSPS) is 11.0. The van der Waals surface area contributed by atoms with Crippen molar-refractivity contribution in [1.29, 1.82) is 0 Å². The quantitative estimate of drug-likeness (QED) is 0.720. The Hall–Kier alpha value is -2.11. The molecular formula is C12H16N2O4. The van der Waals surface area contributed by atoms with Crippen molar-refractivity contribution in [3.05, 3.63) is 34.2 Å². The molecule has 0 fully saturated rings. The van der Waals surface area contributed by atoms with Gasteiger partial charge in [0.05, 0.1) is 0 Å². The van der Waals surface area contributed by atoms with Gasteiger partial charge in [-0.05, 0) is 25.0 Å². The Balaban J connectivity index is 3.03. The molecule has 0 saturated carbocycles. The number of carbonyl (C=O) groups is 2. The van der Waals surface area contributed by atoms with Crippen molar-refractivity contribution in [2.24, 2.45) is 0 Å². The molecule has 0 aliphatic rings. The van der Waals surface area contributed by atoms with Crippen LogP contribution in [0.2, 0.25) is 0 Å². The molecule has 6 heteroatoms. The lowest BCUT2D eigenvalue weighted by Crippen LogP contribution is -2.54. The van der Waals surface area contributed by atoms with E-state index in [2.05, 4.69) is 10.3 Å². The van der Waals surface area contributed by atoms with Crippen molar-refractivity contribution in [3.63, 3.8) is 0 Å². The molecule has 1 aromatic rings. The van der Waals surface area contributed by atoms with Gasteiger partial charge in [-0.3, -0.25) is 9.59 Å². The number of rotatable bonds is 5. The molecule has 1 aromatic heterocycles. The smallest absolute Gasteiger partial charge is 0.329 e. The van der Waals surface area contributed by atoms with Crippen LogP contribution in [-0.4, -0.2) is 27.5 Å². The van der Waals surface area contributed by atoms with Crippen LogP contribution < -0.4 is 10.9 Å². The molecule has 0 saturated heterocycles. The lowest BCUT2D eigenvalue weighted by atomic mass is 9.92. The fourth-order valence-corrected chi connectivity index (χ4v) is 1.67. The number of pyridine rings is 1. The van der Waals surface area contributed by atoms with Gasteiger partial charge in [0.1, 0.15) is 11.1 Å². The number of H-pyrrole nitrogens is 1. The van der Waals surface area contributed by atoms with Crippen LogP contribution >= 0.6 is 0 Å². The number of hydrogen-bond acceptors (Lipinski definition) is 3. The molecule has 0 atom stereocenters. The summed E-state index contributed by atoms with van der Waals surface area (Å²) in [6.07, 6.45) is 1.90. The van der Waals surface area contributed by atoms with Gasteiger partial charge in [0.15, 0.2) is 0 Å². The summed E-state index contributed by atoms with van der Waals surface area (Å²) in [5.74, 6) is -1.78. The van der Waals surface area contributed by atoms with E-state index >= 15 is 0 Å². The number of aromatic amines is 1. The standard InChI is InChI=1S/C12H16N2O4/c1-3-12(4-2,11(17)18)14-10(16)8-6-5-7-13-9(8)15/h5-7H,3-4H2,1-2H3,(H,13,15)(H,14,16)(H,17,18). The fraction of sp³-hybridized carbons (Fsp3) is 0.417. The van der Waals surface area contributed by atoms with Gasteiger partial charge in [-0.1, -0.05) is 13.8 Å². The van der Waals surface area contributed by atoms with Gasteiger partial charge < -0.3 is 15.4 Å². The molecule has 0 unspecified atom stereocenters. The van der Waals surface area contributed by atoms with E-state index in [-0.39, 0.29) is 18.4 Å². The average molecular weight is 252 g/mol. The Labute approximate surface area is 104 Å². The van der Waals surface area contributed by atoms with Crippen LogP contribution in [0.5, 0.6) is 0 Å². The summed E-state index contributed by atoms with van der Waals surface area (Å²) in [6, 6.07) is 2.86. The van der Waals surface area contributed by atoms with Gasteiger partial charge in [-0.25, -0.2) is 4.79 Å². The number of hydrogen-bond donors (Lipinski definition) is 3. The Morgan fingerprint density at radius 3 is 2.44 bits per heavy atom. The third kappa shape index (κ3) is 2.58. The van der Waals surface area contributed by atoms with Crippen LogP contribution in [0.1, 0.15) is 37.0 Å². The van der Waals surface area contributed by atoms with E-state index in [1.807, 2.05) is 0 Å². The maximum absolute atomic E-state index is 11.9. The molecule has 0 aromatic carbocycles. The number of aromatic nitrogens is 1. The molecule has 0 radical (unpaired) electrons. The Bertz CT molecular complexity index is 503. The number of carboxylic acids is 1. The van der Waals surface area contributed by atoms with Crippen LogP contribution in [0.4, 0.5) is 0 Å². The maximum atomic E-state index is 11.9. The number of amides is 1. The Morgan fingerprint density at radius 1 is 1.39 bits per heavy atom. The highest BCUT2D eigenvalue weighted by Crippen LogP contribution is 2.15. The first kappa shape index (κ1) is 14.0. The van der Waals surface area contributed by atoms with Crippen molar-refractivity contribution < 1.29 is 14.7 Å². The summed E-state index contributed by atoms with van der Waals surface area (Å²) >= 11 is 0. The molecule has 3 N–H and O–H groups in total. The minimum absolute atomic E-state index is 0.0926. The van der Waals surface area contributed by atoms with Crippen molar-refractivity contribution >= 4 is 11.9 Å². The summed E-state index contributed by atoms with van der Waals surface area (Å²) in [5, 5.41) is 11.6. The van der Waals surface area contributed by atoms with E-state index in [0.29, 0.717) is 0 Å². The van der Waals surface area contributed by atoms with Crippen molar-refractivity contribution in [3.8, 4) is 0 Å². The highest BCUT2D eigenvalue weighted by atomic mass is 16.4. The van der Waals surface area contributed by atoms with Gasteiger partial charge in [0, 0.05) is 6.20 Å². The van der Waals surface area contributed by atoms with Crippen molar-refractivity contribution in [2.45, 2.75) is 32.2 Å². The van der Waals surface area contributed by atoms with Crippen molar-refractivity contribution in [1.82, 2.24) is 10.3 Å². The first-order chi connectivity index (χ1) is 8.46. The third-order valence-electron chi connectivity index (χ3n) is 3.03. The van der Waals surface area contributed by atoms with E-state index in [9.17, 15) is 19.5 Å². The van der Waals surface area contributed by atoms with Crippen LogP contribution in [0, 0.1) is 0 Å². The molecule has 1 amide bonds. The SMILES string of the molecule is CCC(CC)(NC(=O)c1ccc[nH]c1=O)C(=O)O. The van der Waals surface area contributed by atoms with Gasteiger partial charge in [-0.2, -0.15) is 0 Å². The number of nitrogens with one attached hydrogen (secondary N) is 2. The Kier molecular flexibility index (Phi) is 4.25. The second-order valence-electron chi connectivity index (χ2n) is 3.96. The summed E-state index contributed by atoms with van der Waals surface area (Å²) < 4.78 is 0. The molecule has 0 bridgehead atoms. The largest absolute Gasteiger partial charge is 0.480 e. The van der Waals surface area contributed by atoms with E-state index in [4.69, 9.17) is 0 Å². The zero-order chi connectivity index (χ0) is 13.8. The second-order valence-corrected chi connectivity index (χ2v) is 3.96. The minimum Gasteiger partial charge on any atom is -0.480 e. The second kappa shape index (κ2) is 5.48. The van der Waals surface area contributed by atoms with Gasteiger partial charge in [0.2, 0.25) is 0 Å². The predicted octanol–water partition coefficient (Wildman–Crippen LogP) is 0.748. The molecule has 1 heterocycles. The number of carbonyl (C=O) groups excluding carboxylic acids is 1. The Morgan fingerprint density at radius 2 is 2.00 bits per heavy atom. The molecule has 0 aliphatic heterocycles. The van der Waals surface area contributed by atoms with Crippen LogP contribution in [-0.2, 0) is 4.79 Å². The molecule has 0 aliphatic carbocycles. The monoisotopic (exact) mass is 252 g/mol. The van der Waals surface area contributed by atoms with E-state index in [1.54, 1.807) is 13.8 Å². The number of aliphatic carboxylic acids is 1. The van der Waals surface area contributed by atoms with E-state index in [1.165, 1.54) is 18.3 Å². The number of carboxylic acid groups (broad SMARTS) is 1. The summed E-state index contributed by atoms with van der Waals surface area (Å²) in [7, 11) is 0. The van der Waals surface area contributed by atoms with Gasteiger partial charge in [-0.15, -0.1) is 0 Å². The zero-order valence-corrected chi connectivity index (χ0v) is 10.3. The molecular weight excluding hydrogens is 236 g/mol. The highest BCUT2D eigenvalue weighted by molar-refractivity contribution is 5.97. The van der Waals surface area contributed by atoms with E-state index in [0.717, 1.165) is 0 Å². The van der Waals surface area contributed by atoms with E-state index < -0.39 is 23.0 Å². The summed E-state index contributed by atoms with van der Waals surface area (Å²) in [6.45, 7) is 3.35. The van der Waals surface area contributed by atoms with Crippen LogP contribution in [0.25, 0.3) is 0 Å². The van der Waals surface area contributed by atoms with Crippen molar-refractivity contribution in [2.75, 3.05) is 0 Å². The lowest BCUT2D eigenvalue weighted by molar-refractivity contribution is -0.144. The predicted molar refractivity (Wildman–Crippen MR) is 65.5 cm³/mol.